The third kappa shape index (κ3) is 2.21. The Morgan fingerprint density at radius 3 is 2.56 bits per heavy atom. The third-order valence-electron chi connectivity index (χ3n) is 3.83. The van der Waals surface area contributed by atoms with Gasteiger partial charge in [-0.2, -0.15) is 10.4 Å². The molecule has 1 fully saturated rings. The van der Waals surface area contributed by atoms with Gasteiger partial charge in [0.15, 0.2) is 0 Å². The molecule has 98 valence electrons. The first kappa shape index (κ1) is 12.9. The smallest absolute Gasteiger partial charge is 0.144 e. The summed E-state index contributed by atoms with van der Waals surface area (Å²) >= 11 is 0. The molecule has 0 aromatic carbocycles. The molecule has 0 aliphatic carbocycles. The molecule has 0 amide bonds. The Hall–Kier alpha value is -1.54. The topological polar surface area (TPSA) is 65.1 Å². The van der Waals surface area contributed by atoms with E-state index >= 15 is 0 Å². The lowest BCUT2D eigenvalue weighted by Crippen LogP contribution is -2.38. The van der Waals surface area contributed by atoms with Gasteiger partial charge < -0.3 is 10.0 Å². The highest BCUT2D eigenvalue weighted by atomic mass is 16.3. The summed E-state index contributed by atoms with van der Waals surface area (Å²) in [6.07, 6.45) is 1.69. The van der Waals surface area contributed by atoms with Crippen molar-refractivity contribution < 1.29 is 5.11 Å². The molecule has 1 aromatic rings. The molecule has 0 spiro atoms. The van der Waals surface area contributed by atoms with Crippen molar-refractivity contribution in [1.29, 1.82) is 5.26 Å². The van der Waals surface area contributed by atoms with Gasteiger partial charge >= 0.3 is 0 Å². The van der Waals surface area contributed by atoms with Gasteiger partial charge in [-0.25, -0.2) is 0 Å². The Bertz CT molecular complexity index is 464. The van der Waals surface area contributed by atoms with Crippen molar-refractivity contribution in [3.8, 4) is 6.07 Å². The Morgan fingerprint density at radius 2 is 2.06 bits per heavy atom. The van der Waals surface area contributed by atoms with Crippen LogP contribution in [0.4, 0.5) is 5.82 Å². The average Bonchev–Trinajstić information content (AvgIpc) is 2.63. The van der Waals surface area contributed by atoms with Crippen LogP contribution >= 0.6 is 0 Å². The molecule has 0 saturated carbocycles. The second-order valence-electron chi connectivity index (χ2n) is 5.08. The van der Waals surface area contributed by atoms with Crippen molar-refractivity contribution in [3.05, 3.63) is 11.3 Å². The van der Waals surface area contributed by atoms with Crippen LogP contribution < -0.4 is 4.90 Å². The summed E-state index contributed by atoms with van der Waals surface area (Å²) in [6, 6.07) is 2.24. The summed E-state index contributed by atoms with van der Waals surface area (Å²) in [7, 11) is 1.88. The Labute approximate surface area is 108 Å². The van der Waals surface area contributed by atoms with E-state index in [0.29, 0.717) is 11.5 Å². The molecule has 1 aliphatic rings. The van der Waals surface area contributed by atoms with E-state index in [9.17, 15) is 10.4 Å². The number of aromatic nitrogens is 2. The summed E-state index contributed by atoms with van der Waals surface area (Å²) in [5.41, 5.74) is 1.46. The zero-order valence-electron chi connectivity index (χ0n) is 11.2. The van der Waals surface area contributed by atoms with Gasteiger partial charge in [0.25, 0.3) is 0 Å². The summed E-state index contributed by atoms with van der Waals surface area (Å²) in [4.78, 5) is 2.21. The van der Waals surface area contributed by atoms with Crippen molar-refractivity contribution in [2.45, 2.75) is 32.8 Å². The lowest BCUT2D eigenvalue weighted by molar-refractivity contribution is 0.109. The maximum absolute atomic E-state index is 9.61. The molecule has 5 heteroatoms. The van der Waals surface area contributed by atoms with Gasteiger partial charge in [-0.1, -0.05) is 0 Å². The van der Waals surface area contributed by atoms with E-state index in [1.54, 1.807) is 4.68 Å². The number of hydrogen-bond acceptors (Lipinski definition) is 4. The van der Waals surface area contributed by atoms with Gasteiger partial charge in [-0.05, 0) is 32.6 Å². The molecule has 1 aliphatic heterocycles. The first-order valence-corrected chi connectivity index (χ1v) is 6.41. The van der Waals surface area contributed by atoms with Gasteiger partial charge in [0.2, 0.25) is 0 Å². The van der Waals surface area contributed by atoms with E-state index in [-0.39, 0.29) is 6.10 Å². The second-order valence-corrected chi connectivity index (χ2v) is 5.08. The van der Waals surface area contributed by atoms with E-state index in [0.717, 1.165) is 37.4 Å². The summed E-state index contributed by atoms with van der Waals surface area (Å²) in [5, 5.41) is 23.1. The van der Waals surface area contributed by atoms with Gasteiger partial charge in [0.1, 0.15) is 17.5 Å². The van der Waals surface area contributed by atoms with Crippen molar-refractivity contribution in [2.24, 2.45) is 13.0 Å². The number of aryl methyl sites for hydroxylation is 2. The fourth-order valence-corrected chi connectivity index (χ4v) is 2.73. The lowest BCUT2D eigenvalue weighted by Gasteiger charge is -2.34. The number of hydrogen-bond donors (Lipinski definition) is 1. The zero-order chi connectivity index (χ0) is 13.3. The van der Waals surface area contributed by atoms with Crippen molar-refractivity contribution in [2.75, 3.05) is 18.0 Å². The predicted octanol–water partition coefficient (Wildman–Crippen LogP) is 1.20. The first-order valence-electron chi connectivity index (χ1n) is 6.41. The van der Waals surface area contributed by atoms with E-state index in [1.165, 1.54) is 0 Å². The van der Waals surface area contributed by atoms with Crippen molar-refractivity contribution >= 4 is 5.82 Å². The van der Waals surface area contributed by atoms with E-state index in [4.69, 9.17) is 0 Å². The minimum absolute atomic E-state index is 0.240. The standard InChI is InChI=1S/C13H20N4O/c1-9-12(8-14)13(16(3)15-9)17-6-4-11(5-7-17)10(2)18/h10-11,18H,4-7H2,1-3H3. The van der Waals surface area contributed by atoms with Crippen LogP contribution in [0.25, 0.3) is 0 Å². The highest BCUT2D eigenvalue weighted by Gasteiger charge is 2.26. The molecule has 0 radical (unpaired) electrons. The maximum atomic E-state index is 9.61. The van der Waals surface area contributed by atoms with Gasteiger partial charge in [0.05, 0.1) is 11.8 Å². The fourth-order valence-electron chi connectivity index (χ4n) is 2.73. The Morgan fingerprint density at radius 1 is 1.44 bits per heavy atom. The summed E-state index contributed by atoms with van der Waals surface area (Å²) in [5.74, 6) is 1.29. The molecule has 1 atom stereocenters. The number of nitriles is 1. The molecule has 1 unspecified atom stereocenters. The fraction of sp³-hybridized carbons (Fsp3) is 0.692. The molecule has 0 bridgehead atoms. The van der Waals surface area contributed by atoms with Gasteiger partial charge in [-0.15, -0.1) is 0 Å². The Kier molecular flexibility index (Phi) is 3.58. The first-order chi connectivity index (χ1) is 8.54. The highest BCUT2D eigenvalue weighted by molar-refractivity contribution is 5.57. The predicted molar refractivity (Wildman–Crippen MR) is 69.3 cm³/mol. The van der Waals surface area contributed by atoms with Crippen LogP contribution in [0.1, 0.15) is 31.0 Å². The van der Waals surface area contributed by atoms with Crippen LogP contribution in [0.2, 0.25) is 0 Å². The van der Waals surface area contributed by atoms with E-state index < -0.39 is 0 Å². The summed E-state index contributed by atoms with van der Waals surface area (Å²) < 4.78 is 1.79. The van der Waals surface area contributed by atoms with Crippen LogP contribution in [-0.2, 0) is 7.05 Å². The maximum Gasteiger partial charge on any atom is 0.144 e. The van der Waals surface area contributed by atoms with Crippen molar-refractivity contribution in [1.82, 2.24) is 9.78 Å². The largest absolute Gasteiger partial charge is 0.393 e. The van der Waals surface area contributed by atoms with E-state index in [1.807, 2.05) is 20.9 Å². The third-order valence-corrected chi connectivity index (χ3v) is 3.83. The molecule has 1 N–H and O–H groups in total. The van der Waals surface area contributed by atoms with Crippen LogP contribution in [0.3, 0.4) is 0 Å². The van der Waals surface area contributed by atoms with Gasteiger partial charge in [-0.3, -0.25) is 4.68 Å². The zero-order valence-corrected chi connectivity index (χ0v) is 11.2. The number of aliphatic hydroxyl groups is 1. The molecule has 1 saturated heterocycles. The molecule has 1 aromatic heterocycles. The van der Waals surface area contributed by atoms with Crippen LogP contribution in [0.15, 0.2) is 0 Å². The Balaban J connectivity index is 2.18. The quantitative estimate of drug-likeness (QED) is 0.854. The minimum atomic E-state index is -0.240. The van der Waals surface area contributed by atoms with Crippen LogP contribution in [0, 0.1) is 24.2 Å². The lowest BCUT2D eigenvalue weighted by atomic mass is 9.92. The molecule has 2 rings (SSSR count). The van der Waals surface area contributed by atoms with Crippen LogP contribution in [0.5, 0.6) is 0 Å². The number of piperidine rings is 1. The highest BCUT2D eigenvalue weighted by Crippen LogP contribution is 2.28. The molecule has 2 heterocycles. The van der Waals surface area contributed by atoms with E-state index in [2.05, 4.69) is 16.1 Å². The van der Waals surface area contributed by atoms with Crippen molar-refractivity contribution in [3.63, 3.8) is 0 Å². The number of aliphatic hydroxyl groups excluding tert-OH is 1. The number of anilines is 1. The second kappa shape index (κ2) is 4.99. The van der Waals surface area contributed by atoms with Gasteiger partial charge in [0, 0.05) is 20.1 Å². The minimum Gasteiger partial charge on any atom is -0.393 e. The molecular formula is C13H20N4O. The van der Waals surface area contributed by atoms with Crippen LogP contribution in [-0.4, -0.2) is 34.1 Å². The summed E-state index contributed by atoms with van der Waals surface area (Å²) in [6.45, 7) is 5.48. The monoisotopic (exact) mass is 248 g/mol. The average molecular weight is 248 g/mol. The number of rotatable bonds is 2. The number of nitrogens with zero attached hydrogens (tertiary/aromatic N) is 4. The molecule has 18 heavy (non-hydrogen) atoms. The molecule has 5 nitrogen and oxygen atoms in total. The molecular weight excluding hydrogens is 228 g/mol. The SMILES string of the molecule is Cc1nn(C)c(N2CCC(C(C)O)CC2)c1C#N. The normalized spacial score (nSPS) is 18.7.